The van der Waals surface area contributed by atoms with Crippen LogP contribution in [0.25, 0.3) is 22.3 Å². The first-order chi connectivity index (χ1) is 29.2. The molecule has 60 heavy (non-hydrogen) atoms. The van der Waals surface area contributed by atoms with E-state index in [4.69, 9.17) is 5.10 Å². The number of nitrogens with one attached hydrogen (secondary N) is 3. The van der Waals surface area contributed by atoms with Crippen LogP contribution in [0.4, 0.5) is 4.39 Å². The van der Waals surface area contributed by atoms with Crippen LogP contribution in [-0.2, 0) is 21.4 Å². The van der Waals surface area contributed by atoms with Crippen LogP contribution in [0.3, 0.4) is 0 Å². The molecule has 2 aromatic heterocycles. The number of aryl methyl sites for hydroxylation is 1. The van der Waals surface area contributed by atoms with Crippen molar-refractivity contribution in [3.63, 3.8) is 0 Å². The van der Waals surface area contributed by atoms with Crippen molar-refractivity contribution in [2.75, 3.05) is 32.7 Å². The van der Waals surface area contributed by atoms with Crippen molar-refractivity contribution in [3.8, 4) is 5.69 Å². The summed E-state index contributed by atoms with van der Waals surface area (Å²) in [6.07, 6.45) is 10.9. The van der Waals surface area contributed by atoms with Gasteiger partial charge in [-0.2, -0.15) is 5.10 Å². The molecule has 1 unspecified atom stereocenters. The minimum Gasteiger partial charge on any atom is -0.349 e. The van der Waals surface area contributed by atoms with Gasteiger partial charge in [0.2, 0.25) is 17.7 Å². The Hall–Kier alpha value is -5.47. The van der Waals surface area contributed by atoms with E-state index in [-0.39, 0.29) is 29.3 Å². The lowest BCUT2D eigenvalue weighted by Gasteiger charge is -2.39. The summed E-state index contributed by atoms with van der Waals surface area (Å²) >= 11 is 0. The molecular weight excluding hydrogens is 762 g/mol. The molecule has 0 spiro atoms. The molecule has 13 nitrogen and oxygen atoms in total. The number of hydrogen-bond donors (Lipinski definition) is 3. The summed E-state index contributed by atoms with van der Waals surface area (Å²) in [6.45, 7) is 4.85. The Labute approximate surface area is 349 Å². The lowest BCUT2D eigenvalue weighted by Crippen LogP contribution is -2.49. The second-order valence-electron chi connectivity index (χ2n) is 17.4. The molecule has 3 N–H and O–H groups in total. The number of fused-ring (bicyclic) bond motifs is 1. The zero-order valence-corrected chi connectivity index (χ0v) is 34.2. The number of aromatic nitrogens is 3. The maximum absolute atomic E-state index is 15.0. The predicted molar refractivity (Wildman–Crippen MR) is 228 cm³/mol. The number of rotatable bonds is 9. The molecule has 314 valence electrons. The van der Waals surface area contributed by atoms with E-state index in [1.165, 1.54) is 22.4 Å². The van der Waals surface area contributed by atoms with Crippen LogP contribution in [0, 0.1) is 11.8 Å². The lowest BCUT2D eigenvalue weighted by atomic mass is 9.84. The van der Waals surface area contributed by atoms with Crippen molar-refractivity contribution in [3.05, 3.63) is 99.9 Å². The fourth-order valence-electron chi connectivity index (χ4n) is 10.1. The Bertz CT molecular complexity index is 2380. The number of carbonyl (C=O) groups is 3. The van der Waals surface area contributed by atoms with Gasteiger partial charge in [0.05, 0.1) is 29.0 Å². The standard InChI is InChI=1S/C46H54FN9O4/c1-53-39-26-32(10-13-36(39)43(52-53)37-14-15-40(57)50-44(37)59)30-18-21-54(22-19-30)28-29-16-23-55(24-17-29)45(60)31-8-11-34(12-9-31)49-46-48-27-38(47)42(51-46)33-5-4-6-35(25-33)56-20-3-2-7-41(56)58/h2-7,10,13,20,25-27,29-31,34,37,46,49,51H,8-9,11-12,14-19,21-24,28H2,1H3,(H,50,57,59)/t31?,34?,37-,46?/m0/s1. The van der Waals surface area contributed by atoms with Gasteiger partial charge < -0.3 is 15.1 Å². The summed E-state index contributed by atoms with van der Waals surface area (Å²) < 4.78 is 18.4. The second-order valence-corrected chi connectivity index (χ2v) is 17.4. The first-order valence-electron chi connectivity index (χ1n) is 21.7. The van der Waals surface area contributed by atoms with Gasteiger partial charge in [0.15, 0.2) is 12.1 Å². The molecule has 9 rings (SSSR count). The number of pyridine rings is 1. The number of amides is 3. The number of halogens is 1. The SMILES string of the molecule is Cn1nc([C@@H]2CCC(=O)NC2=O)c2ccc(C3CCN(CC4CCN(C(=O)C5CCC(NC6N=CC(F)=C(c7cccc(-n8ccccc8=O)c7)N6)CC5)CC4)CC3)cc21. The van der Waals surface area contributed by atoms with Gasteiger partial charge in [-0.25, -0.2) is 4.39 Å². The Balaban J connectivity index is 0.705. The fourth-order valence-corrected chi connectivity index (χ4v) is 10.1. The largest absolute Gasteiger partial charge is 0.349 e. The first kappa shape index (κ1) is 40.0. The van der Waals surface area contributed by atoms with Crippen molar-refractivity contribution >= 4 is 40.5 Å². The molecule has 1 saturated carbocycles. The zero-order chi connectivity index (χ0) is 41.3. The Morgan fingerprint density at radius 1 is 0.883 bits per heavy atom. The monoisotopic (exact) mass is 815 g/mol. The van der Waals surface area contributed by atoms with E-state index < -0.39 is 18.0 Å². The van der Waals surface area contributed by atoms with Gasteiger partial charge in [0.1, 0.15) is 0 Å². The zero-order valence-electron chi connectivity index (χ0n) is 34.2. The molecule has 0 bridgehead atoms. The van der Waals surface area contributed by atoms with E-state index in [9.17, 15) is 19.2 Å². The van der Waals surface area contributed by atoms with E-state index in [1.54, 1.807) is 24.4 Å². The van der Waals surface area contributed by atoms with Crippen LogP contribution in [0.15, 0.2) is 82.5 Å². The van der Waals surface area contributed by atoms with Gasteiger partial charge in [-0.15, -0.1) is 0 Å². The molecule has 2 aromatic carbocycles. The second kappa shape index (κ2) is 17.3. The average molecular weight is 816 g/mol. The van der Waals surface area contributed by atoms with Gasteiger partial charge in [-0.05, 0) is 113 Å². The van der Waals surface area contributed by atoms with Crippen LogP contribution in [0.5, 0.6) is 0 Å². The minimum absolute atomic E-state index is 0.0352. The van der Waals surface area contributed by atoms with Gasteiger partial charge >= 0.3 is 0 Å². The first-order valence-corrected chi connectivity index (χ1v) is 21.7. The number of nitrogens with zero attached hydrogens (tertiary/aromatic N) is 6. The maximum atomic E-state index is 15.0. The highest BCUT2D eigenvalue weighted by Gasteiger charge is 2.35. The number of imide groups is 1. The van der Waals surface area contributed by atoms with Crippen LogP contribution in [0.2, 0.25) is 0 Å². The van der Waals surface area contributed by atoms with Gasteiger partial charge in [0.25, 0.3) is 5.56 Å². The van der Waals surface area contributed by atoms with E-state index in [0.29, 0.717) is 47.5 Å². The highest BCUT2D eigenvalue weighted by atomic mass is 19.1. The molecule has 4 fully saturated rings. The summed E-state index contributed by atoms with van der Waals surface area (Å²) in [7, 11) is 1.93. The normalized spacial score (nSPS) is 24.8. The third-order valence-corrected chi connectivity index (χ3v) is 13.5. The topological polar surface area (TPSA) is 146 Å². The molecule has 5 aliphatic rings. The molecular formula is C46H54FN9O4. The molecule has 2 atom stereocenters. The van der Waals surface area contributed by atoms with E-state index >= 15 is 4.39 Å². The highest BCUT2D eigenvalue weighted by molar-refractivity contribution is 6.02. The molecule has 14 heteroatoms. The van der Waals surface area contributed by atoms with Crippen LogP contribution in [0.1, 0.15) is 92.9 Å². The smallest absolute Gasteiger partial charge is 0.255 e. The van der Waals surface area contributed by atoms with Gasteiger partial charge in [0, 0.05) is 74.0 Å². The van der Waals surface area contributed by atoms with Crippen LogP contribution < -0.4 is 21.5 Å². The number of piperidine rings is 3. The number of carbonyl (C=O) groups excluding carboxylic acids is 3. The number of benzene rings is 2. The Morgan fingerprint density at radius 2 is 1.68 bits per heavy atom. The summed E-state index contributed by atoms with van der Waals surface area (Å²) in [5.41, 5.74) is 4.55. The summed E-state index contributed by atoms with van der Waals surface area (Å²) in [5, 5.41) is 14.9. The highest BCUT2D eigenvalue weighted by Crippen LogP contribution is 2.35. The van der Waals surface area contributed by atoms with Crippen molar-refractivity contribution in [1.82, 2.24) is 40.1 Å². The van der Waals surface area contributed by atoms with Gasteiger partial charge in [-0.3, -0.25) is 44.1 Å². The summed E-state index contributed by atoms with van der Waals surface area (Å²) in [4.78, 5) is 59.4. The third-order valence-electron chi connectivity index (χ3n) is 13.5. The van der Waals surface area contributed by atoms with Crippen LogP contribution >= 0.6 is 0 Å². The number of likely N-dealkylation sites (tertiary alicyclic amines) is 2. The Kier molecular flexibility index (Phi) is 11.5. The Morgan fingerprint density at radius 3 is 2.45 bits per heavy atom. The van der Waals surface area contributed by atoms with Crippen molar-refractivity contribution in [2.45, 2.75) is 88.4 Å². The van der Waals surface area contributed by atoms with Crippen molar-refractivity contribution < 1.29 is 18.8 Å². The number of allylic oxidation sites excluding steroid dienone is 1. The third kappa shape index (κ3) is 8.44. The average Bonchev–Trinajstić information content (AvgIpc) is 3.59. The van der Waals surface area contributed by atoms with Crippen molar-refractivity contribution in [1.29, 1.82) is 0 Å². The summed E-state index contributed by atoms with van der Waals surface area (Å²) in [6, 6.07) is 18.9. The number of aliphatic imine (C=N–C) groups is 1. The van der Waals surface area contributed by atoms with E-state index in [1.807, 2.05) is 29.9 Å². The predicted octanol–water partition coefficient (Wildman–Crippen LogP) is 5.11. The molecule has 0 radical (unpaired) electrons. The van der Waals surface area contributed by atoms with Crippen LogP contribution in [-0.4, -0.2) is 93.1 Å². The molecule has 6 heterocycles. The molecule has 4 aromatic rings. The quantitative estimate of drug-likeness (QED) is 0.198. The maximum Gasteiger partial charge on any atom is 0.255 e. The van der Waals surface area contributed by atoms with Crippen molar-refractivity contribution in [2.24, 2.45) is 23.9 Å². The van der Waals surface area contributed by atoms with E-state index in [2.05, 4.69) is 48.9 Å². The molecule has 4 aliphatic heterocycles. The number of hydrogen-bond acceptors (Lipinski definition) is 9. The summed E-state index contributed by atoms with van der Waals surface area (Å²) in [5.74, 6) is 0.0696. The minimum atomic E-state index is -0.497. The van der Waals surface area contributed by atoms with E-state index in [0.717, 1.165) is 101 Å². The lowest BCUT2D eigenvalue weighted by molar-refractivity contribution is -0.138. The molecule has 3 amide bonds. The molecule has 1 aliphatic carbocycles. The molecule has 3 saturated heterocycles. The fraction of sp³-hybridized carbons (Fsp3) is 0.478. The van der Waals surface area contributed by atoms with Gasteiger partial charge in [-0.1, -0.05) is 30.3 Å².